The van der Waals surface area contributed by atoms with Crippen molar-refractivity contribution in [3.05, 3.63) is 89.6 Å². The number of hydrogen-bond acceptors (Lipinski definition) is 4. The fourth-order valence-corrected chi connectivity index (χ4v) is 2.43. The summed E-state index contributed by atoms with van der Waals surface area (Å²) in [6.45, 7) is 1.33. The maximum atomic E-state index is 10.9. The van der Waals surface area contributed by atoms with E-state index < -0.39 is 5.97 Å². The van der Waals surface area contributed by atoms with Gasteiger partial charge in [-0.2, -0.15) is 0 Å². The summed E-state index contributed by atoms with van der Waals surface area (Å²) >= 11 is 0. The summed E-state index contributed by atoms with van der Waals surface area (Å²) in [4.78, 5) is 13.0. The molecule has 0 atom stereocenters. The first-order chi connectivity index (χ1) is 11.7. The third kappa shape index (κ3) is 3.95. The molecule has 0 bridgehead atoms. The number of carboxylic acids is 1. The smallest absolute Gasteiger partial charge is 0.356 e. The van der Waals surface area contributed by atoms with Gasteiger partial charge in [0.05, 0.1) is 0 Å². The van der Waals surface area contributed by atoms with Gasteiger partial charge in [0, 0.05) is 13.1 Å². The van der Waals surface area contributed by atoms with Crippen LogP contribution in [0.15, 0.2) is 72.8 Å². The second-order valence-corrected chi connectivity index (χ2v) is 5.41. The van der Waals surface area contributed by atoms with Crippen molar-refractivity contribution in [3.63, 3.8) is 0 Å². The summed E-state index contributed by atoms with van der Waals surface area (Å²) in [6, 6.07) is 23.3. The normalized spacial score (nSPS) is 10.3. The van der Waals surface area contributed by atoms with Crippen molar-refractivity contribution in [2.24, 2.45) is 0 Å². The number of benzene rings is 2. The van der Waals surface area contributed by atoms with E-state index in [1.54, 1.807) is 6.07 Å². The van der Waals surface area contributed by atoms with Crippen LogP contribution in [0, 0.1) is 0 Å². The predicted octanol–water partition coefficient (Wildman–Crippen LogP) is 3.38. The summed E-state index contributed by atoms with van der Waals surface area (Å²) < 4.78 is 0. The number of aromatic nitrogens is 2. The van der Waals surface area contributed by atoms with Crippen molar-refractivity contribution in [2.75, 3.05) is 4.90 Å². The molecule has 120 valence electrons. The molecule has 0 unspecified atom stereocenters. The van der Waals surface area contributed by atoms with Crippen LogP contribution in [0.25, 0.3) is 0 Å². The monoisotopic (exact) mass is 319 g/mol. The van der Waals surface area contributed by atoms with E-state index in [0.29, 0.717) is 18.9 Å². The number of rotatable bonds is 6. The van der Waals surface area contributed by atoms with E-state index in [2.05, 4.69) is 39.4 Å². The highest BCUT2D eigenvalue weighted by Crippen LogP contribution is 2.17. The SMILES string of the molecule is O=C(O)c1ccc(N(Cc2ccccc2)Cc2ccccc2)nn1. The minimum atomic E-state index is -1.08. The number of hydrogen-bond donors (Lipinski definition) is 1. The van der Waals surface area contributed by atoms with Crippen molar-refractivity contribution in [1.29, 1.82) is 0 Å². The summed E-state index contributed by atoms with van der Waals surface area (Å²) in [7, 11) is 0. The van der Waals surface area contributed by atoms with Gasteiger partial charge in [-0.15, -0.1) is 10.2 Å². The summed E-state index contributed by atoms with van der Waals surface area (Å²) in [5, 5.41) is 16.8. The first-order valence-electron chi connectivity index (χ1n) is 7.62. The Labute approximate surface area is 140 Å². The van der Waals surface area contributed by atoms with Crippen LogP contribution in [-0.4, -0.2) is 21.3 Å². The maximum absolute atomic E-state index is 10.9. The Kier molecular flexibility index (Phi) is 4.81. The fourth-order valence-electron chi connectivity index (χ4n) is 2.43. The van der Waals surface area contributed by atoms with Gasteiger partial charge in [0.25, 0.3) is 0 Å². The van der Waals surface area contributed by atoms with Crippen LogP contribution in [0.1, 0.15) is 21.6 Å². The number of nitrogens with zero attached hydrogens (tertiary/aromatic N) is 3. The largest absolute Gasteiger partial charge is 0.476 e. The molecule has 0 amide bonds. The van der Waals surface area contributed by atoms with E-state index in [-0.39, 0.29) is 5.69 Å². The van der Waals surface area contributed by atoms with E-state index in [0.717, 1.165) is 11.1 Å². The lowest BCUT2D eigenvalue weighted by Crippen LogP contribution is -2.23. The zero-order valence-corrected chi connectivity index (χ0v) is 13.0. The second kappa shape index (κ2) is 7.37. The average molecular weight is 319 g/mol. The molecule has 1 aromatic heterocycles. The molecular formula is C19H17N3O2. The highest BCUT2D eigenvalue weighted by atomic mass is 16.4. The van der Waals surface area contributed by atoms with Crippen LogP contribution in [0.3, 0.4) is 0 Å². The fraction of sp³-hybridized carbons (Fsp3) is 0.105. The van der Waals surface area contributed by atoms with Crippen LogP contribution >= 0.6 is 0 Å². The second-order valence-electron chi connectivity index (χ2n) is 5.41. The summed E-state index contributed by atoms with van der Waals surface area (Å²) in [6.07, 6.45) is 0. The lowest BCUT2D eigenvalue weighted by atomic mass is 10.1. The van der Waals surface area contributed by atoms with Crippen molar-refractivity contribution >= 4 is 11.8 Å². The number of carbonyl (C=O) groups is 1. The number of anilines is 1. The van der Waals surface area contributed by atoms with Crippen LogP contribution in [0.4, 0.5) is 5.82 Å². The number of aromatic carboxylic acids is 1. The highest BCUT2D eigenvalue weighted by molar-refractivity contribution is 5.85. The van der Waals surface area contributed by atoms with Gasteiger partial charge in [0.1, 0.15) is 0 Å². The minimum Gasteiger partial charge on any atom is -0.476 e. The van der Waals surface area contributed by atoms with Crippen molar-refractivity contribution in [3.8, 4) is 0 Å². The van der Waals surface area contributed by atoms with Gasteiger partial charge in [-0.05, 0) is 23.3 Å². The first-order valence-corrected chi connectivity index (χ1v) is 7.62. The van der Waals surface area contributed by atoms with Gasteiger partial charge >= 0.3 is 5.97 Å². The molecule has 5 nitrogen and oxygen atoms in total. The molecule has 0 spiro atoms. The Balaban J connectivity index is 1.87. The van der Waals surface area contributed by atoms with E-state index in [1.807, 2.05) is 36.4 Å². The average Bonchev–Trinajstić information content (AvgIpc) is 2.63. The standard InChI is InChI=1S/C19H17N3O2/c23-19(24)17-11-12-18(21-20-17)22(13-15-7-3-1-4-8-15)14-16-9-5-2-6-10-16/h1-12H,13-14H2,(H,23,24). The molecule has 3 aromatic rings. The maximum Gasteiger partial charge on any atom is 0.356 e. The Morgan fingerprint density at radius 1 is 0.792 bits per heavy atom. The molecule has 0 saturated carbocycles. The zero-order valence-electron chi connectivity index (χ0n) is 13.0. The molecule has 0 aliphatic carbocycles. The topological polar surface area (TPSA) is 66.3 Å². The first kappa shape index (κ1) is 15.7. The van der Waals surface area contributed by atoms with E-state index >= 15 is 0 Å². The van der Waals surface area contributed by atoms with Crippen LogP contribution in [-0.2, 0) is 13.1 Å². The van der Waals surface area contributed by atoms with Gasteiger partial charge in [0.2, 0.25) is 0 Å². The summed E-state index contributed by atoms with van der Waals surface area (Å²) in [5.74, 6) is -0.431. The molecule has 0 radical (unpaired) electrons. The van der Waals surface area contributed by atoms with Crippen molar-refractivity contribution < 1.29 is 9.90 Å². The Hall–Kier alpha value is -3.21. The van der Waals surface area contributed by atoms with Gasteiger partial charge in [-0.1, -0.05) is 60.7 Å². The molecule has 5 heteroatoms. The van der Waals surface area contributed by atoms with E-state index in [4.69, 9.17) is 5.11 Å². The third-order valence-corrected chi connectivity index (χ3v) is 3.63. The summed E-state index contributed by atoms with van der Waals surface area (Å²) in [5.41, 5.74) is 2.24. The van der Waals surface area contributed by atoms with Crippen LogP contribution < -0.4 is 4.90 Å². The minimum absolute atomic E-state index is 0.0573. The predicted molar refractivity (Wildman–Crippen MR) is 91.8 cm³/mol. The third-order valence-electron chi connectivity index (χ3n) is 3.63. The molecule has 2 aromatic carbocycles. The van der Waals surface area contributed by atoms with Crippen molar-refractivity contribution in [2.45, 2.75) is 13.1 Å². The Bertz CT molecular complexity index is 748. The van der Waals surface area contributed by atoms with Gasteiger partial charge < -0.3 is 10.0 Å². The van der Waals surface area contributed by atoms with E-state index in [9.17, 15) is 4.79 Å². The van der Waals surface area contributed by atoms with E-state index in [1.165, 1.54) is 6.07 Å². The molecule has 1 N–H and O–H groups in total. The quantitative estimate of drug-likeness (QED) is 0.754. The Morgan fingerprint density at radius 3 is 1.75 bits per heavy atom. The molecular weight excluding hydrogens is 302 g/mol. The molecule has 0 aliphatic rings. The van der Waals surface area contributed by atoms with Crippen molar-refractivity contribution in [1.82, 2.24) is 10.2 Å². The van der Waals surface area contributed by atoms with Crippen LogP contribution in [0.5, 0.6) is 0 Å². The van der Waals surface area contributed by atoms with Gasteiger partial charge in [-0.3, -0.25) is 0 Å². The van der Waals surface area contributed by atoms with Crippen LogP contribution in [0.2, 0.25) is 0 Å². The van der Waals surface area contributed by atoms with Gasteiger partial charge in [-0.25, -0.2) is 4.79 Å². The van der Waals surface area contributed by atoms with Gasteiger partial charge in [0.15, 0.2) is 11.5 Å². The zero-order chi connectivity index (χ0) is 16.8. The Morgan fingerprint density at radius 2 is 1.33 bits per heavy atom. The molecule has 0 fully saturated rings. The highest BCUT2D eigenvalue weighted by Gasteiger charge is 2.12. The molecule has 3 rings (SSSR count). The molecule has 24 heavy (non-hydrogen) atoms. The molecule has 0 aliphatic heterocycles. The lowest BCUT2D eigenvalue weighted by Gasteiger charge is -2.23. The number of carboxylic acid groups (broad SMARTS) is 1. The molecule has 0 saturated heterocycles. The molecule has 1 heterocycles. The lowest BCUT2D eigenvalue weighted by molar-refractivity contribution is 0.0689.